The first kappa shape index (κ1) is 16.2. The van der Waals surface area contributed by atoms with E-state index in [0.717, 1.165) is 5.56 Å². The van der Waals surface area contributed by atoms with Crippen LogP contribution in [0.5, 0.6) is 0 Å². The summed E-state index contributed by atoms with van der Waals surface area (Å²) in [5.41, 5.74) is -0.756. The Morgan fingerprint density at radius 1 is 1.00 bits per heavy atom. The highest BCUT2D eigenvalue weighted by molar-refractivity contribution is 5.86. The van der Waals surface area contributed by atoms with Crippen LogP contribution in [0.1, 0.15) is 16.7 Å². The van der Waals surface area contributed by atoms with Crippen molar-refractivity contribution in [3.05, 3.63) is 71.4 Å². The van der Waals surface area contributed by atoms with Crippen molar-refractivity contribution in [1.82, 2.24) is 4.57 Å². The predicted molar refractivity (Wildman–Crippen MR) is 89.8 cm³/mol. The van der Waals surface area contributed by atoms with Gasteiger partial charge in [0.15, 0.2) is 5.41 Å². The number of alkyl halides is 3. The van der Waals surface area contributed by atoms with Crippen LogP contribution in [0.25, 0.3) is 10.9 Å². The lowest BCUT2D eigenvalue weighted by molar-refractivity contribution is -0.161. The first-order chi connectivity index (χ1) is 11.3. The average molecular weight is 327 g/mol. The Kier molecular flexibility index (Phi) is 3.68. The van der Waals surface area contributed by atoms with Gasteiger partial charge < -0.3 is 4.57 Å². The second kappa shape index (κ2) is 5.45. The molecule has 1 atom stereocenters. The van der Waals surface area contributed by atoms with Crippen molar-refractivity contribution in [2.75, 3.05) is 0 Å². The smallest absolute Gasteiger partial charge is 0.350 e. The normalized spacial score (nSPS) is 14.3. The maximum atomic E-state index is 14.2. The fourth-order valence-electron chi connectivity index (χ4n) is 3.16. The largest absolute Gasteiger partial charge is 0.413 e. The topological polar surface area (TPSA) is 4.93 Å². The SMILES string of the molecule is C#C[C@](c1ccc(C)cc1)(c1cn(C)c2ccccc12)C(F)(F)F. The number of terminal acetylenes is 1. The molecule has 0 saturated carbocycles. The van der Waals surface area contributed by atoms with Crippen LogP contribution in [0.3, 0.4) is 0 Å². The Morgan fingerprint density at radius 3 is 2.21 bits per heavy atom. The molecule has 4 heteroatoms. The van der Waals surface area contributed by atoms with E-state index in [1.807, 2.05) is 6.92 Å². The van der Waals surface area contributed by atoms with Gasteiger partial charge in [0.25, 0.3) is 0 Å². The van der Waals surface area contributed by atoms with E-state index < -0.39 is 11.6 Å². The quantitative estimate of drug-likeness (QED) is 0.586. The Labute approximate surface area is 138 Å². The molecule has 24 heavy (non-hydrogen) atoms. The van der Waals surface area contributed by atoms with Gasteiger partial charge in [-0.3, -0.25) is 0 Å². The van der Waals surface area contributed by atoms with Gasteiger partial charge in [0, 0.05) is 29.7 Å². The molecule has 1 aromatic heterocycles. The number of para-hydroxylation sites is 1. The van der Waals surface area contributed by atoms with Crippen molar-refractivity contribution in [3.63, 3.8) is 0 Å². The Morgan fingerprint density at radius 2 is 1.62 bits per heavy atom. The molecule has 0 bridgehead atoms. The van der Waals surface area contributed by atoms with Crippen LogP contribution >= 0.6 is 0 Å². The molecule has 0 amide bonds. The van der Waals surface area contributed by atoms with Crippen LogP contribution in [0.4, 0.5) is 13.2 Å². The molecule has 0 spiro atoms. The highest BCUT2D eigenvalue weighted by Crippen LogP contribution is 2.48. The van der Waals surface area contributed by atoms with E-state index in [1.54, 1.807) is 48.0 Å². The molecule has 1 heterocycles. The summed E-state index contributed by atoms with van der Waals surface area (Å²) >= 11 is 0. The highest BCUT2D eigenvalue weighted by atomic mass is 19.4. The second-order valence-corrected chi connectivity index (χ2v) is 5.93. The molecule has 2 aromatic carbocycles. The van der Waals surface area contributed by atoms with E-state index in [-0.39, 0.29) is 11.1 Å². The molecule has 0 N–H and O–H groups in total. The maximum Gasteiger partial charge on any atom is 0.413 e. The molecule has 0 aliphatic carbocycles. The van der Waals surface area contributed by atoms with Crippen LogP contribution in [0.2, 0.25) is 0 Å². The summed E-state index contributed by atoms with van der Waals surface area (Å²) in [6.07, 6.45) is 2.38. The Balaban J connectivity index is 2.42. The lowest BCUT2D eigenvalue weighted by Gasteiger charge is -2.31. The lowest BCUT2D eigenvalue weighted by atomic mass is 9.74. The first-order valence-electron chi connectivity index (χ1n) is 7.47. The van der Waals surface area contributed by atoms with Gasteiger partial charge in [-0.1, -0.05) is 53.9 Å². The lowest BCUT2D eigenvalue weighted by Crippen LogP contribution is -2.42. The molecule has 3 rings (SSSR count). The van der Waals surface area contributed by atoms with Crippen LogP contribution in [-0.2, 0) is 12.5 Å². The number of fused-ring (bicyclic) bond motifs is 1. The summed E-state index contributed by atoms with van der Waals surface area (Å²) in [5, 5.41) is 0.510. The minimum atomic E-state index is -4.62. The van der Waals surface area contributed by atoms with Crippen LogP contribution in [0, 0.1) is 19.3 Å². The van der Waals surface area contributed by atoms with Gasteiger partial charge in [-0.05, 0) is 18.6 Å². The zero-order chi connectivity index (χ0) is 17.5. The molecular formula is C20H16F3N. The van der Waals surface area contributed by atoms with Gasteiger partial charge in [-0.2, -0.15) is 13.2 Å². The third-order valence-corrected chi connectivity index (χ3v) is 4.43. The Hall–Kier alpha value is -2.67. The van der Waals surface area contributed by atoms with Gasteiger partial charge >= 0.3 is 6.18 Å². The number of nitrogens with zero attached hydrogens (tertiary/aromatic N) is 1. The van der Waals surface area contributed by atoms with Crippen molar-refractivity contribution < 1.29 is 13.2 Å². The predicted octanol–water partition coefficient (Wildman–Crippen LogP) is 4.97. The number of hydrogen-bond donors (Lipinski definition) is 0. The average Bonchev–Trinajstić information content (AvgIpc) is 2.87. The summed E-state index contributed by atoms with van der Waals surface area (Å²) in [4.78, 5) is 0. The molecule has 0 radical (unpaired) electrons. The van der Waals surface area contributed by atoms with Gasteiger partial charge in [0.1, 0.15) is 0 Å². The molecule has 122 valence electrons. The number of halogens is 3. The molecule has 0 aliphatic rings. The zero-order valence-electron chi connectivity index (χ0n) is 13.4. The van der Waals surface area contributed by atoms with Gasteiger partial charge in [0.2, 0.25) is 0 Å². The van der Waals surface area contributed by atoms with E-state index in [0.29, 0.717) is 10.9 Å². The van der Waals surface area contributed by atoms with Crippen molar-refractivity contribution in [2.24, 2.45) is 7.05 Å². The molecule has 0 fully saturated rings. The van der Waals surface area contributed by atoms with E-state index >= 15 is 0 Å². The molecule has 1 nitrogen and oxygen atoms in total. The second-order valence-electron chi connectivity index (χ2n) is 5.93. The van der Waals surface area contributed by atoms with Crippen LogP contribution in [0.15, 0.2) is 54.7 Å². The van der Waals surface area contributed by atoms with Gasteiger partial charge in [-0.25, -0.2) is 0 Å². The minimum Gasteiger partial charge on any atom is -0.350 e. The van der Waals surface area contributed by atoms with Crippen molar-refractivity contribution in [3.8, 4) is 12.3 Å². The fourth-order valence-corrected chi connectivity index (χ4v) is 3.16. The van der Waals surface area contributed by atoms with E-state index in [1.165, 1.54) is 18.3 Å². The minimum absolute atomic E-state index is 0.0550. The molecule has 0 saturated heterocycles. The third-order valence-electron chi connectivity index (χ3n) is 4.43. The van der Waals surface area contributed by atoms with Crippen LogP contribution in [-0.4, -0.2) is 10.7 Å². The summed E-state index contributed by atoms with van der Waals surface area (Å²) in [6.45, 7) is 1.83. The zero-order valence-corrected chi connectivity index (χ0v) is 13.4. The van der Waals surface area contributed by atoms with Crippen molar-refractivity contribution in [2.45, 2.75) is 18.5 Å². The van der Waals surface area contributed by atoms with Crippen molar-refractivity contribution >= 4 is 10.9 Å². The third kappa shape index (κ3) is 2.20. The molecular weight excluding hydrogens is 311 g/mol. The van der Waals surface area contributed by atoms with Gasteiger partial charge in [-0.15, -0.1) is 6.42 Å². The van der Waals surface area contributed by atoms with Crippen LogP contribution < -0.4 is 0 Å². The van der Waals surface area contributed by atoms with E-state index in [9.17, 15) is 13.2 Å². The Bertz CT molecular complexity index is 926. The highest BCUT2D eigenvalue weighted by Gasteiger charge is 2.57. The number of rotatable bonds is 2. The summed E-state index contributed by atoms with van der Waals surface area (Å²) in [7, 11) is 1.72. The van der Waals surface area contributed by atoms with Gasteiger partial charge in [0.05, 0.1) is 0 Å². The maximum absolute atomic E-state index is 14.2. The van der Waals surface area contributed by atoms with E-state index in [2.05, 4.69) is 5.92 Å². The first-order valence-corrected chi connectivity index (χ1v) is 7.47. The molecule has 3 aromatic rings. The monoisotopic (exact) mass is 327 g/mol. The van der Waals surface area contributed by atoms with E-state index in [4.69, 9.17) is 6.42 Å². The number of hydrogen-bond acceptors (Lipinski definition) is 0. The fraction of sp³-hybridized carbons (Fsp3) is 0.200. The number of benzene rings is 2. The molecule has 0 aliphatic heterocycles. The van der Waals surface area contributed by atoms with Crippen molar-refractivity contribution in [1.29, 1.82) is 0 Å². The number of aromatic nitrogens is 1. The summed E-state index contributed by atoms with van der Waals surface area (Å²) < 4.78 is 44.4. The number of aryl methyl sites for hydroxylation is 2. The molecule has 0 unspecified atom stereocenters. The summed E-state index contributed by atoms with van der Waals surface area (Å²) in [6, 6.07) is 13.2. The standard InChI is InChI=1S/C20H16F3N/c1-4-19(20(21,22)23,15-11-9-14(2)10-12-15)17-13-24(3)18-8-6-5-7-16(17)18/h1,5-13H,2-3H3/t19-/m0/s1. The summed E-state index contributed by atoms with van der Waals surface area (Å²) in [5.74, 6) is 2.07.